The van der Waals surface area contributed by atoms with Crippen LogP contribution < -0.4 is 0 Å². The number of nitrogens with zero attached hydrogens (tertiary/aromatic N) is 3. The molecular weight excluding hydrogens is 316 g/mol. The molecule has 1 amide bonds. The normalized spacial score (nSPS) is 28.6. The zero-order chi connectivity index (χ0) is 17.2. The second-order valence-corrected chi connectivity index (χ2v) is 8.16. The summed E-state index contributed by atoms with van der Waals surface area (Å²) in [5.74, 6) is 2.57. The molecule has 2 aromatic rings. The lowest BCUT2D eigenvalue weighted by atomic mass is 9.80. The van der Waals surface area contributed by atoms with Crippen molar-refractivity contribution in [3.05, 3.63) is 34.8 Å². The molecule has 132 valence electrons. The van der Waals surface area contributed by atoms with E-state index in [1.165, 1.54) is 6.42 Å². The number of aryl methyl sites for hydroxylation is 2. The predicted molar refractivity (Wildman–Crippen MR) is 91.5 cm³/mol. The molecule has 1 aliphatic heterocycles. The number of rotatable bonds is 3. The Labute approximate surface area is 147 Å². The third kappa shape index (κ3) is 2.26. The topological polar surface area (TPSA) is 75.0 Å². The third-order valence-corrected chi connectivity index (χ3v) is 6.31. The number of nitrogens with one attached hydrogen (secondary N) is 1. The Bertz CT molecular complexity index is 834. The first-order valence-corrected chi connectivity index (χ1v) is 9.36. The maximum Gasteiger partial charge on any atom is 0.270 e. The number of carbonyl (C=O) groups is 1. The molecule has 5 rings (SSSR count). The molecule has 0 bridgehead atoms. The van der Waals surface area contributed by atoms with E-state index < -0.39 is 0 Å². The van der Waals surface area contributed by atoms with Crippen molar-refractivity contribution in [1.29, 1.82) is 0 Å². The van der Waals surface area contributed by atoms with Crippen LogP contribution in [-0.4, -0.2) is 39.1 Å². The summed E-state index contributed by atoms with van der Waals surface area (Å²) in [4.78, 5) is 18.3. The maximum atomic E-state index is 13.0. The molecule has 1 N–H and O–H groups in total. The van der Waals surface area contributed by atoms with Crippen molar-refractivity contribution >= 4 is 5.91 Å². The lowest BCUT2D eigenvalue weighted by Gasteiger charge is -2.24. The third-order valence-electron chi connectivity index (χ3n) is 6.31. The molecule has 2 aromatic heterocycles. The first-order chi connectivity index (χ1) is 12.1. The van der Waals surface area contributed by atoms with Crippen LogP contribution in [0.1, 0.15) is 71.5 Å². The molecule has 0 aromatic carbocycles. The molecule has 0 radical (unpaired) electrons. The molecule has 1 saturated heterocycles. The molecule has 0 spiro atoms. The van der Waals surface area contributed by atoms with Crippen LogP contribution in [0.2, 0.25) is 0 Å². The fraction of sp³-hybridized carbons (Fsp3) is 0.632. The highest BCUT2D eigenvalue weighted by molar-refractivity contribution is 5.94. The van der Waals surface area contributed by atoms with E-state index >= 15 is 0 Å². The molecule has 25 heavy (non-hydrogen) atoms. The predicted octanol–water partition coefficient (Wildman–Crippen LogP) is 3.09. The summed E-state index contributed by atoms with van der Waals surface area (Å²) >= 11 is 0. The van der Waals surface area contributed by atoms with Crippen LogP contribution in [-0.2, 0) is 5.41 Å². The van der Waals surface area contributed by atoms with Crippen molar-refractivity contribution in [1.82, 2.24) is 20.1 Å². The van der Waals surface area contributed by atoms with E-state index in [9.17, 15) is 4.79 Å². The molecule has 2 aliphatic carbocycles. The summed E-state index contributed by atoms with van der Waals surface area (Å²) in [6.07, 6.45) is 5.67. The number of fused-ring (bicyclic) bond motifs is 1. The van der Waals surface area contributed by atoms with Gasteiger partial charge in [0.2, 0.25) is 11.8 Å². The second-order valence-electron chi connectivity index (χ2n) is 8.16. The van der Waals surface area contributed by atoms with E-state index in [-0.39, 0.29) is 11.3 Å². The Balaban J connectivity index is 1.44. The molecule has 2 atom stereocenters. The number of aromatic nitrogens is 3. The Morgan fingerprint density at radius 1 is 1.32 bits per heavy atom. The van der Waals surface area contributed by atoms with Gasteiger partial charge in [0.25, 0.3) is 5.91 Å². The largest absolute Gasteiger partial charge is 0.424 e. The Kier molecular flexibility index (Phi) is 3.15. The molecule has 6 heteroatoms. The van der Waals surface area contributed by atoms with Gasteiger partial charge in [0.1, 0.15) is 5.69 Å². The van der Waals surface area contributed by atoms with Gasteiger partial charge in [-0.2, -0.15) is 0 Å². The minimum atomic E-state index is -0.134. The van der Waals surface area contributed by atoms with Crippen LogP contribution in [0.4, 0.5) is 0 Å². The van der Waals surface area contributed by atoms with E-state index in [1.807, 2.05) is 24.8 Å². The van der Waals surface area contributed by atoms with Gasteiger partial charge in [0, 0.05) is 24.7 Å². The van der Waals surface area contributed by atoms with E-state index in [0.29, 0.717) is 18.4 Å². The minimum absolute atomic E-state index is 0.0984. The van der Waals surface area contributed by atoms with Crippen molar-refractivity contribution in [2.75, 3.05) is 13.1 Å². The summed E-state index contributed by atoms with van der Waals surface area (Å²) in [6, 6.07) is 2.03. The lowest BCUT2D eigenvalue weighted by Crippen LogP contribution is -2.35. The number of likely N-dealkylation sites (tertiary alicyclic amines) is 1. The van der Waals surface area contributed by atoms with Crippen LogP contribution in [0.15, 0.2) is 10.5 Å². The van der Waals surface area contributed by atoms with Gasteiger partial charge in [-0.15, -0.1) is 10.2 Å². The number of carbonyl (C=O) groups excluding carboxylic acids is 1. The highest BCUT2D eigenvalue weighted by Crippen LogP contribution is 2.51. The highest BCUT2D eigenvalue weighted by Gasteiger charge is 2.55. The van der Waals surface area contributed by atoms with E-state index in [1.54, 1.807) is 0 Å². The molecule has 0 unspecified atom stereocenters. The summed E-state index contributed by atoms with van der Waals surface area (Å²) < 4.78 is 6.09. The fourth-order valence-electron chi connectivity index (χ4n) is 4.83. The van der Waals surface area contributed by atoms with Gasteiger partial charge in [-0.1, -0.05) is 6.42 Å². The first-order valence-electron chi connectivity index (χ1n) is 9.36. The maximum absolute atomic E-state index is 13.0. The summed E-state index contributed by atoms with van der Waals surface area (Å²) in [5.41, 5.74) is 2.63. The standard InChI is InChI=1S/C19H24N4O2/c1-11-8-12(2)20-15(11)17(24)23-9-14-4-3-7-19(14,10-23)18-22-21-16(25-18)13-5-6-13/h8,13-14,20H,3-7,9-10H2,1-2H3/t14-,19-/m0/s1. The number of aromatic amines is 1. The van der Waals surface area contributed by atoms with E-state index in [4.69, 9.17) is 4.42 Å². The molecule has 3 heterocycles. The number of hydrogen-bond acceptors (Lipinski definition) is 4. The van der Waals surface area contributed by atoms with Gasteiger partial charge < -0.3 is 14.3 Å². The van der Waals surface area contributed by atoms with Crippen LogP contribution in [0.5, 0.6) is 0 Å². The number of H-pyrrole nitrogens is 1. The van der Waals surface area contributed by atoms with Crippen molar-refractivity contribution in [3.8, 4) is 0 Å². The highest BCUT2D eigenvalue weighted by atomic mass is 16.4. The van der Waals surface area contributed by atoms with Crippen LogP contribution in [0.25, 0.3) is 0 Å². The smallest absolute Gasteiger partial charge is 0.270 e. The van der Waals surface area contributed by atoms with Gasteiger partial charge in [-0.3, -0.25) is 4.79 Å². The van der Waals surface area contributed by atoms with Gasteiger partial charge in [-0.05, 0) is 57.1 Å². The SMILES string of the molecule is Cc1cc(C)c(C(=O)N2C[C@@H]3CCC[C@]3(c3nnc(C4CC4)o3)C2)[nH]1. The quantitative estimate of drug-likeness (QED) is 0.932. The zero-order valence-corrected chi connectivity index (χ0v) is 14.8. The van der Waals surface area contributed by atoms with Crippen LogP contribution in [0, 0.1) is 19.8 Å². The lowest BCUT2D eigenvalue weighted by molar-refractivity contribution is 0.0769. The van der Waals surface area contributed by atoms with Crippen LogP contribution in [0.3, 0.4) is 0 Å². The number of amides is 1. The van der Waals surface area contributed by atoms with Gasteiger partial charge in [-0.25, -0.2) is 0 Å². The van der Waals surface area contributed by atoms with Crippen molar-refractivity contribution in [2.24, 2.45) is 5.92 Å². The number of hydrogen-bond donors (Lipinski definition) is 1. The summed E-state index contributed by atoms with van der Waals surface area (Å²) in [6.45, 7) is 5.46. The molecule has 6 nitrogen and oxygen atoms in total. The molecule has 3 aliphatic rings. The molecule has 3 fully saturated rings. The summed E-state index contributed by atoms with van der Waals surface area (Å²) in [7, 11) is 0. The summed E-state index contributed by atoms with van der Waals surface area (Å²) in [5, 5.41) is 8.72. The Morgan fingerprint density at radius 2 is 2.16 bits per heavy atom. The second kappa shape index (κ2) is 5.19. The fourth-order valence-corrected chi connectivity index (χ4v) is 4.83. The van der Waals surface area contributed by atoms with Gasteiger partial charge in [0.15, 0.2) is 0 Å². The van der Waals surface area contributed by atoms with Crippen molar-refractivity contribution < 1.29 is 9.21 Å². The van der Waals surface area contributed by atoms with E-state index in [0.717, 1.165) is 61.0 Å². The Morgan fingerprint density at radius 3 is 2.88 bits per heavy atom. The minimum Gasteiger partial charge on any atom is -0.424 e. The van der Waals surface area contributed by atoms with Crippen LogP contribution >= 0.6 is 0 Å². The van der Waals surface area contributed by atoms with Crippen molar-refractivity contribution in [2.45, 2.75) is 57.3 Å². The van der Waals surface area contributed by atoms with Gasteiger partial charge >= 0.3 is 0 Å². The Hall–Kier alpha value is -2.11. The molecular formula is C19H24N4O2. The average molecular weight is 340 g/mol. The van der Waals surface area contributed by atoms with Gasteiger partial charge in [0.05, 0.1) is 5.41 Å². The average Bonchev–Trinajstić information content (AvgIpc) is 2.94. The zero-order valence-electron chi connectivity index (χ0n) is 14.8. The van der Waals surface area contributed by atoms with E-state index in [2.05, 4.69) is 15.2 Å². The molecule has 2 saturated carbocycles. The first kappa shape index (κ1) is 15.2. The van der Waals surface area contributed by atoms with Crippen molar-refractivity contribution in [3.63, 3.8) is 0 Å². The monoisotopic (exact) mass is 340 g/mol.